The first-order valence-corrected chi connectivity index (χ1v) is 22.7. The summed E-state index contributed by atoms with van der Waals surface area (Å²) in [6.07, 6.45) is -6.27. The van der Waals surface area contributed by atoms with Crippen LogP contribution in [0.2, 0.25) is 29.7 Å². The third kappa shape index (κ3) is 14.6. The lowest BCUT2D eigenvalue weighted by Gasteiger charge is -2.38. The Hall–Kier alpha value is 0.0169. The highest BCUT2D eigenvalue weighted by Gasteiger charge is 2.50. The average molecular weight is 906 g/mol. The van der Waals surface area contributed by atoms with Crippen molar-refractivity contribution in [3.63, 3.8) is 0 Å². The zero-order valence-electron chi connectivity index (χ0n) is 28.9. The minimum Gasteiger partial charge on any atom is -0.598 e. The molecule has 0 aliphatic carbocycles. The molecule has 5 atom stereocenters. The van der Waals surface area contributed by atoms with Gasteiger partial charge in [0.2, 0.25) is 0 Å². The number of aromatic nitrogens is 2. The van der Waals surface area contributed by atoms with E-state index in [4.69, 9.17) is 27.6 Å². The van der Waals surface area contributed by atoms with E-state index in [1.54, 1.807) is 65.5 Å². The second-order valence-electron chi connectivity index (χ2n) is 14.4. The van der Waals surface area contributed by atoms with Gasteiger partial charge in [-0.15, -0.1) is 9.44 Å². The van der Waals surface area contributed by atoms with Gasteiger partial charge in [0.25, 0.3) is 0 Å². The molecule has 2 heterocycles. The third-order valence-corrected chi connectivity index (χ3v) is 12.3. The van der Waals surface area contributed by atoms with E-state index < -0.39 is 70.3 Å². The first-order chi connectivity index (χ1) is 21.4. The van der Waals surface area contributed by atoms with Crippen molar-refractivity contribution >= 4 is 92.4 Å². The Morgan fingerprint density at radius 2 is 1.21 bits per heavy atom. The quantitative estimate of drug-likeness (QED) is 0.0936. The largest absolute Gasteiger partial charge is 0.598 e. The highest BCUT2D eigenvalue weighted by atomic mass is 79.9. The number of nitrogens with one attached hydrogen (secondary N) is 2. The summed E-state index contributed by atoms with van der Waals surface area (Å²) in [6.45, 7) is 19.1. The number of hydrogen-bond donors (Lipinski definition) is 2. The van der Waals surface area contributed by atoms with Crippen LogP contribution < -0.4 is 9.44 Å². The zero-order chi connectivity index (χ0) is 37.7. The van der Waals surface area contributed by atoms with Crippen LogP contribution in [0.3, 0.4) is 0 Å². The molecule has 8 nitrogen and oxygen atoms in total. The predicted octanol–water partition coefficient (Wildman–Crippen LogP) is 9.29. The molecule has 0 radical (unpaired) electrons. The predicted molar refractivity (Wildman–Crippen MR) is 200 cm³/mol. The molecule has 2 aromatic heterocycles. The van der Waals surface area contributed by atoms with Crippen molar-refractivity contribution in [2.24, 2.45) is 0 Å². The van der Waals surface area contributed by atoms with Gasteiger partial charge in [0.05, 0.1) is 21.4 Å². The number of pyridine rings is 2. The Kier molecular flexibility index (Phi) is 17.0. The summed E-state index contributed by atoms with van der Waals surface area (Å²) in [7, 11) is -2.52. The number of carbonyl (C=O) groups excluding carboxylic acids is 1. The van der Waals surface area contributed by atoms with Gasteiger partial charge in [0.1, 0.15) is 42.2 Å². The van der Waals surface area contributed by atoms with Crippen LogP contribution in [0.25, 0.3) is 0 Å². The maximum atomic E-state index is 13.8. The topological polar surface area (TPSA) is 122 Å². The van der Waals surface area contributed by atoms with E-state index in [1.807, 2.05) is 20.8 Å². The number of nitrogens with zero attached hydrogens (tertiary/aromatic N) is 2. The minimum absolute atomic E-state index is 0.123. The number of aldehydes is 1. The van der Waals surface area contributed by atoms with E-state index in [1.165, 1.54) is 13.0 Å². The normalized spacial score (nSPS) is 17.3. The summed E-state index contributed by atoms with van der Waals surface area (Å²) in [5.74, 6) is 0. The molecular weight excluding hydrogens is 860 g/mol. The molecule has 18 heteroatoms. The summed E-state index contributed by atoms with van der Waals surface area (Å²) < 4.78 is 77.6. The highest BCUT2D eigenvalue weighted by molar-refractivity contribution is 9.10. The number of carbonyl (C=O) groups is 1. The van der Waals surface area contributed by atoms with E-state index in [0.717, 1.165) is 6.29 Å². The Balaban J connectivity index is 0.000000507. The fourth-order valence-corrected chi connectivity index (χ4v) is 8.00. The van der Waals surface area contributed by atoms with Crippen LogP contribution in [0.4, 0.5) is 13.2 Å². The SMILES string of the molecule is CC(C)(C)[S+]([O-])N[C@@](C)(CC=O)c1nc(Br)ccc1Cl.CC(C)(C)[S+]([O-])N[C@@](C)(C[C@H](O[Si](C)(C)C)C(F)(F)F)c1nc(Br)ccc1Cl. The molecule has 0 aromatic carbocycles. The monoisotopic (exact) mass is 902 g/mol. The lowest BCUT2D eigenvalue weighted by molar-refractivity contribution is -0.203. The van der Waals surface area contributed by atoms with Gasteiger partial charge < -0.3 is 18.3 Å². The van der Waals surface area contributed by atoms with Gasteiger partial charge in [0, 0.05) is 35.6 Å². The highest BCUT2D eigenvalue weighted by Crippen LogP contribution is 2.39. The van der Waals surface area contributed by atoms with E-state index in [2.05, 4.69) is 51.3 Å². The van der Waals surface area contributed by atoms with E-state index >= 15 is 0 Å². The molecule has 2 unspecified atom stereocenters. The van der Waals surface area contributed by atoms with Crippen molar-refractivity contribution in [2.45, 2.75) is 121 Å². The summed E-state index contributed by atoms with van der Waals surface area (Å²) >= 11 is 16.0. The van der Waals surface area contributed by atoms with Crippen molar-refractivity contribution in [3.8, 4) is 0 Å². The Labute approximate surface area is 316 Å². The Morgan fingerprint density at radius 3 is 1.54 bits per heavy atom. The van der Waals surface area contributed by atoms with Gasteiger partial charge in [0.15, 0.2) is 8.32 Å². The van der Waals surface area contributed by atoms with Crippen molar-refractivity contribution in [2.75, 3.05) is 0 Å². The van der Waals surface area contributed by atoms with Gasteiger partial charge >= 0.3 is 6.18 Å². The van der Waals surface area contributed by atoms with Crippen LogP contribution in [0.1, 0.15) is 79.6 Å². The van der Waals surface area contributed by atoms with Gasteiger partial charge in [-0.1, -0.05) is 23.2 Å². The molecule has 2 N–H and O–H groups in total. The molecule has 48 heavy (non-hydrogen) atoms. The van der Waals surface area contributed by atoms with E-state index in [-0.39, 0.29) is 17.1 Å². The Bertz CT molecular complexity index is 1390. The third-order valence-electron chi connectivity index (χ3n) is 6.36. The molecule has 0 bridgehead atoms. The molecule has 0 amide bonds. The molecule has 0 saturated heterocycles. The molecule has 0 saturated carbocycles. The molecule has 0 aliphatic rings. The fraction of sp³-hybridized carbons (Fsp3) is 0.633. The van der Waals surface area contributed by atoms with Crippen molar-refractivity contribution in [1.82, 2.24) is 19.4 Å². The van der Waals surface area contributed by atoms with Crippen LogP contribution in [-0.2, 0) is 43.0 Å². The zero-order valence-corrected chi connectivity index (χ0v) is 36.2. The van der Waals surface area contributed by atoms with Crippen LogP contribution in [0, 0.1) is 0 Å². The standard InChI is InChI=1S/C17H27BrClF3N2O2SSi.C13H18BrClN2O2S/c1-15(2,3)27(25)24-16(4,14-11(19)8-9-13(18)23-14)10-12(17(20,21)22)26-28(5,6)7;1-12(2,3)20(19)17-13(4,7-8-18)11-9(15)5-6-10(14)16-11/h8-9,12,24H,10H2,1-7H3;5-6,8,17H,7H2,1-4H3/t12-,16-,27?;13-,20?/m00/s1. The fourth-order valence-electron chi connectivity index (χ4n) is 3.89. The summed E-state index contributed by atoms with van der Waals surface area (Å²) in [5, 5.41) is 0.606. The molecule has 274 valence electrons. The molecule has 0 fully saturated rings. The average Bonchev–Trinajstić information content (AvgIpc) is 2.89. The minimum atomic E-state index is -4.59. The van der Waals surface area contributed by atoms with Crippen molar-refractivity contribution < 1.29 is 31.5 Å². The van der Waals surface area contributed by atoms with Crippen molar-refractivity contribution in [3.05, 3.63) is 54.9 Å². The first-order valence-electron chi connectivity index (χ1n) is 14.7. The summed E-state index contributed by atoms with van der Waals surface area (Å²) in [6, 6.07) is 6.54. The maximum Gasteiger partial charge on any atom is 0.413 e. The van der Waals surface area contributed by atoms with Crippen LogP contribution in [-0.4, -0.2) is 55.5 Å². The van der Waals surface area contributed by atoms with E-state index in [0.29, 0.717) is 19.9 Å². The van der Waals surface area contributed by atoms with Crippen LogP contribution in [0.15, 0.2) is 33.5 Å². The first kappa shape index (κ1) is 46.0. The van der Waals surface area contributed by atoms with Crippen molar-refractivity contribution in [1.29, 1.82) is 0 Å². The molecular formula is C30H45Br2Cl2F3N4O4S2Si. The van der Waals surface area contributed by atoms with Crippen LogP contribution in [0.5, 0.6) is 0 Å². The molecule has 2 rings (SSSR count). The number of alkyl halides is 3. The van der Waals surface area contributed by atoms with Crippen LogP contribution >= 0.6 is 55.1 Å². The maximum absolute atomic E-state index is 13.8. The molecule has 2 aromatic rings. The second-order valence-corrected chi connectivity index (χ2v) is 25.2. The lowest BCUT2D eigenvalue weighted by atomic mass is 9.91. The second kappa shape index (κ2) is 17.7. The Morgan fingerprint density at radius 1 is 0.833 bits per heavy atom. The van der Waals surface area contributed by atoms with Gasteiger partial charge in [-0.05, 0) is 131 Å². The lowest BCUT2D eigenvalue weighted by Crippen LogP contribution is -2.54. The molecule has 0 aliphatic heterocycles. The summed E-state index contributed by atoms with van der Waals surface area (Å²) in [5.41, 5.74) is -1.66. The van der Waals surface area contributed by atoms with Gasteiger partial charge in [-0.25, -0.2) is 9.97 Å². The number of hydrogen-bond acceptors (Lipinski definition) is 8. The number of rotatable bonds is 12. The number of halogens is 7. The van der Waals surface area contributed by atoms with Gasteiger partial charge in [-0.3, -0.25) is 0 Å². The molecule has 0 spiro atoms. The smallest absolute Gasteiger partial charge is 0.413 e. The summed E-state index contributed by atoms with van der Waals surface area (Å²) in [4.78, 5) is 19.6. The van der Waals surface area contributed by atoms with Gasteiger partial charge in [-0.2, -0.15) is 13.2 Å². The van der Waals surface area contributed by atoms with E-state index in [9.17, 15) is 27.1 Å².